The first-order valence-corrected chi connectivity index (χ1v) is 20.3. The molecule has 0 aromatic carbocycles. The molecular weight excluding hydrogens is 582 g/mol. The van der Waals surface area contributed by atoms with Gasteiger partial charge in [0.1, 0.15) is 6.10 Å². The van der Waals surface area contributed by atoms with Crippen LogP contribution in [0.25, 0.3) is 0 Å². The van der Waals surface area contributed by atoms with E-state index in [0.717, 1.165) is 51.4 Å². The van der Waals surface area contributed by atoms with Crippen LogP contribution in [0.1, 0.15) is 200 Å². The van der Waals surface area contributed by atoms with Gasteiger partial charge in [0, 0.05) is 6.42 Å². The molecule has 5 nitrogen and oxygen atoms in total. The highest BCUT2D eigenvalue weighted by Crippen LogP contribution is 2.14. The van der Waals surface area contributed by atoms with E-state index in [0.29, 0.717) is 12.8 Å². The van der Waals surface area contributed by atoms with Gasteiger partial charge in [0.2, 0.25) is 5.91 Å². The molecule has 47 heavy (non-hydrogen) atoms. The fraction of sp³-hybridized carbons (Fsp3) is 0.833. The lowest BCUT2D eigenvalue weighted by atomic mass is 10.0. The number of nitrogens with one attached hydrogen (secondary N) is 1. The first kappa shape index (κ1) is 45.6. The number of rotatable bonds is 36. The zero-order valence-electron chi connectivity index (χ0n) is 31.2. The SMILES string of the molecule is CC/C=C/CC/C=C/CCCC(O)C(O)C(CO)NC(=O)CCCCCCCCCC/C=C\CCCCCCCCCCCCCC. The maximum Gasteiger partial charge on any atom is 0.220 e. The molecule has 0 saturated carbocycles. The van der Waals surface area contributed by atoms with Crippen molar-refractivity contribution < 1.29 is 20.1 Å². The van der Waals surface area contributed by atoms with Crippen molar-refractivity contribution in [3.05, 3.63) is 36.5 Å². The number of hydrogen-bond acceptors (Lipinski definition) is 4. The summed E-state index contributed by atoms with van der Waals surface area (Å²) in [6.07, 6.45) is 45.6. The zero-order valence-corrected chi connectivity index (χ0v) is 31.2. The predicted octanol–water partition coefficient (Wildman–Crippen LogP) is 11.2. The standard InChI is InChI=1S/C42H79NO4/c1-3-5-7-9-11-13-14-15-16-17-18-19-20-21-22-23-24-25-26-27-29-31-33-35-37-41(46)43-39(38-44)42(47)40(45)36-34-32-30-28-12-10-8-6-4-2/h6,8,21-22,28,30,39-40,42,44-45,47H,3-5,7,9-20,23-27,29,31-38H2,1-2H3,(H,43,46)/b8-6+,22-21-,30-28+. The fourth-order valence-corrected chi connectivity index (χ4v) is 6.06. The number of carbonyl (C=O) groups excluding carboxylic acids is 1. The maximum atomic E-state index is 12.4. The minimum absolute atomic E-state index is 0.165. The van der Waals surface area contributed by atoms with Crippen molar-refractivity contribution in [3.8, 4) is 0 Å². The van der Waals surface area contributed by atoms with Crippen LogP contribution in [0.5, 0.6) is 0 Å². The Morgan fingerprint density at radius 3 is 1.40 bits per heavy atom. The Bertz CT molecular complexity index is 734. The number of amides is 1. The number of aliphatic hydroxyl groups is 3. The lowest BCUT2D eigenvalue weighted by molar-refractivity contribution is -0.124. The summed E-state index contributed by atoms with van der Waals surface area (Å²) in [5, 5.41) is 33.2. The van der Waals surface area contributed by atoms with Crippen molar-refractivity contribution in [2.75, 3.05) is 6.61 Å². The van der Waals surface area contributed by atoms with Gasteiger partial charge in [-0.25, -0.2) is 0 Å². The molecule has 0 saturated heterocycles. The Hall–Kier alpha value is -1.43. The summed E-state index contributed by atoms with van der Waals surface area (Å²) in [5.41, 5.74) is 0. The van der Waals surface area contributed by atoms with E-state index in [1.54, 1.807) is 0 Å². The molecule has 0 aliphatic rings. The van der Waals surface area contributed by atoms with Crippen LogP contribution < -0.4 is 5.32 Å². The summed E-state index contributed by atoms with van der Waals surface area (Å²) in [4.78, 5) is 12.4. The zero-order chi connectivity index (χ0) is 34.5. The van der Waals surface area contributed by atoms with E-state index >= 15 is 0 Å². The molecule has 276 valence electrons. The lowest BCUT2D eigenvalue weighted by Gasteiger charge is -2.26. The van der Waals surface area contributed by atoms with Gasteiger partial charge in [-0.15, -0.1) is 0 Å². The van der Waals surface area contributed by atoms with Crippen molar-refractivity contribution in [2.24, 2.45) is 0 Å². The number of unbranched alkanes of at least 4 members (excludes halogenated alkanes) is 22. The third-order valence-electron chi connectivity index (χ3n) is 9.20. The number of allylic oxidation sites excluding steroid dienone is 6. The van der Waals surface area contributed by atoms with Crippen LogP contribution in [0.3, 0.4) is 0 Å². The molecule has 0 heterocycles. The van der Waals surface area contributed by atoms with E-state index in [9.17, 15) is 20.1 Å². The van der Waals surface area contributed by atoms with E-state index in [-0.39, 0.29) is 12.5 Å². The first-order chi connectivity index (χ1) is 23.1. The molecule has 0 spiro atoms. The topological polar surface area (TPSA) is 89.8 Å². The Morgan fingerprint density at radius 2 is 0.936 bits per heavy atom. The molecule has 1 amide bonds. The monoisotopic (exact) mass is 662 g/mol. The second-order valence-electron chi connectivity index (χ2n) is 13.8. The second-order valence-corrected chi connectivity index (χ2v) is 13.8. The molecule has 4 N–H and O–H groups in total. The van der Waals surface area contributed by atoms with Crippen molar-refractivity contribution in [3.63, 3.8) is 0 Å². The number of carbonyl (C=O) groups is 1. The van der Waals surface area contributed by atoms with Crippen LogP contribution >= 0.6 is 0 Å². The third kappa shape index (κ3) is 32.9. The fourth-order valence-electron chi connectivity index (χ4n) is 6.06. The molecule has 0 fully saturated rings. The molecule has 0 aliphatic carbocycles. The second kappa shape index (κ2) is 37.4. The molecule has 5 heteroatoms. The van der Waals surface area contributed by atoms with Crippen LogP contribution in [0.15, 0.2) is 36.5 Å². The smallest absolute Gasteiger partial charge is 0.220 e. The molecule has 3 unspecified atom stereocenters. The molecule has 0 radical (unpaired) electrons. The first-order valence-electron chi connectivity index (χ1n) is 20.3. The summed E-state index contributed by atoms with van der Waals surface area (Å²) < 4.78 is 0. The Kier molecular flexibility index (Phi) is 36.3. The van der Waals surface area contributed by atoms with E-state index in [1.807, 2.05) is 0 Å². The van der Waals surface area contributed by atoms with Crippen LogP contribution in [0, 0.1) is 0 Å². The van der Waals surface area contributed by atoms with Crippen LogP contribution in [-0.4, -0.2) is 46.1 Å². The highest BCUT2D eigenvalue weighted by atomic mass is 16.3. The van der Waals surface area contributed by atoms with E-state index in [1.165, 1.54) is 122 Å². The van der Waals surface area contributed by atoms with Gasteiger partial charge in [0.25, 0.3) is 0 Å². The molecule has 3 atom stereocenters. The third-order valence-corrected chi connectivity index (χ3v) is 9.20. The van der Waals surface area contributed by atoms with E-state index in [2.05, 4.69) is 55.6 Å². The highest BCUT2D eigenvalue weighted by Gasteiger charge is 2.26. The van der Waals surface area contributed by atoms with Gasteiger partial charge in [0.05, 0.1) is 18.8 Å². The van der Waals surface area contributed by atoms with Crippen molar-refractivity contribution in [2.45, 2.75) is 218 Å². The van der Waals surface area contributed by atoms with Gasteiger partial charge in [-0.2, -0.15) is 0 Å². The Labute approximate surface area is 292 Å². The van der Waals surface area contributed by atoms with Gasteiger partial charge in [-0.05, 0) is 70.6 Å². The van der Waals surface area contributed by atoms with Crippen LogP contribution in [0.4, 0.5) is 0 Å². The average Bonchev–Trinajstić information content (AvgIpc) is 3.07. The molecule has 0 rings (SSSR count). The van der Waals surface area contributed by atoms with Crippen molar-refractivity contribution in [1.29, 1.82) is 0 Å². The number of aliphatic hydroxyl groups excluding tert-OH is 3. The minimum Gasteiger partial charge on any atom is -0.394 e. The summed E-state index contributed by atoms with van der Waals surface area (Å²) in [5.74, 6) is -0.165. The highest BCUT2D eigenvalue weighted by molar-refractivity contribution is 5.76. The molecule has 0 bridgehead atoms. The molecule has 0 aliphatic heterocycles. The lowest BCUT2D eigenvalue weighted by Crippen LogP contribution is -2.50. The van der Waals surface area contributed by atoms with E-state index in [4.69, 9.17) is 0 Å². The Morgan fingerprint density at radius 1 is 0.532 bits per heavy atom. The minimum atomic E-state index is -1.16. The molecular formula is C42H79NO4. The van der Waals surface area contributed by atoms with Crippen LogP contribution in [-0.2, 0) is 4.79 Å². The molecule has 0 aromatic heterocycles. The van der Waals surface area contributed by atoms with Gasteiger partial charge in [-0.3, -0.25) is 4.79 Å². The summed E-state index contributed by atoms with van der Waals surface area (Å²) in [7, 11) is 0. The largest absolute Gasteiger partial charge is 0.394 e. The quantitative estimate of drug-likeness (QED) is 0.0397. The van der Waals surface area contributed by atoms with E-state index < -0.39 is 18.2 Å². The summed E-state index contributed by atoms with van der Waals surface area (Å²) in [6.45, 7) is 4.03. The average molecular weight is 662 g/mol. The van der Waals surface area contributed by atoms with Gasteiger partial charge in [0.15, 0.2) is 0 Å². The summed E-state index contributed by atoms with van der Waals surface area (Å²) >= 11 is 0. The van der Waals surface area contributed by atoms with Gasteiger partial charge < -0.3 is 20.6 Å². The van der Waals surface area contributed by atoms with Crippen LogP contribution in [0.2, 0.25) is 0 Å². The predicted molar refractivity (Wildman–Crippen MR) is 204 cm³/mol. The van der Waals surface area contributed by atoms with Gasteiger partial charge >= 0.3 is 0 Å². The summed E-state index contributed by atoms with van der Waals surface area (Å²) in [6, 6.07) is -0.831. The molecule has 0 aromatic rings. The Balaban J connectivity index is 3.60. The van der Waals surface area contributed by atoms with Gasteiger partial charge in [-0.1, -0.05) is 159 Å². The maximum absolute atomic E-state index is 12.4. The number of hydrogen-bond donors (Lipinski definition) is 4. The normalized spacial score (nSPS) is 14.1. The van der Waals surface area contributed by atoms with Crippen molar-refractivity contribution >= 4 is 5.91 Å². The van der Waals surface area contributed by atoms with Crippen molar-refractivity contribution in [1.82, 2.24) is 5.32 Å².